The van der Waals surface area contributed by atoms with Gasteiger partial charge >= 0.3 is 5.97 Å². The van der Waals surface area contributed by atoms with Gasteiger partial charge in [-0.1, -0.05) is 41.9 Å². The number of hydrogen-bond donors (Lipinski definition) is 2. The van der Waals surface area contributed by atoms with Crippen molar-refractivity contribution in [3.63, 3.8) is 0 Å². The van der Waals surface area contributed by atoms with Crippen molar-refractivity contribution in [1.29, 1.82) is 0 Å². The Hall–Kier alpha value is -3.95. The molecule has 3 amide bonds. The molecule has 1 aliphatic heterocycles. The quantitative estimate of drug-likeness (QED) is 0.312. The van der Waals surface area contributed by atoms with Gasteiger partial charge in [0.15, 0.2) is 0 Å². The number of nitrogens with zero attached hydrogens (tertiary/aromatic N) is 1. The van der Waals surface area contributed by atoms with E-state index in [1.54, 1.807) is 30.3 Å². The Labute approximate surface area is 220 Å². The van der Waals surface area contributed by atoms with Gasteiger partial charge in [-0.25, -0.2) is 9.69 Å². The normalized spacial score (nSPS) is 13.1. The molecule has 0 fully saturated rings. The van der Waals surface area contributed by atoms with Crippen LogP contribution in [0.25, 0.3) is 0 Å². The summed E-state index contributed by atoms with van der Waals surface area (Å²) in [6.07, 6.45) is 0.146. The Bertz CT molecular complexity index is 1400. The van der Waals surface area contributed by atoms with Crippen LogP contribution in [0, 0.1) is 0 Å². The van der Waals surface area contributed by atoms with Gasteiger partial charge in [-0.05, 0) is 64.0 Å². The average Bonchev–Trinajstić information content (AvgIpc) is 3.09. The lowest BCUT2D eigenvalue weighted by atomic mass is 10.1. The van der Waals surface area contributed by atoms with Crippen molar-refractivity contribution in [3.05, 3.63) is 99.1 Å². The second kappa shape index (κ2) is 10.8. The summed E-state index contributed by atoms with van der Waals surface area (Å²) in [7, 11) is 1.24. The number of methoxy groups -OCH3 is 1. The molecule has 36 heavy (non-hydrogen) atoms. The summed E-state index contributed by atoms with van der Waals surface area (Å²) in [6.45, 7) is 0. The van der Waals surface area contributed by atoms with E-state index in [0.29, 0.717) is 11.4 Å². The number of amides is 3. The Kier molecular flexibility index (Phi) is 7.52. The van der Waals surface area contributed by atoms with Gasteiger partial charge < -0.3 is 15.4 Å². The van der Waals surface area contributed by atoms with E-state index in [2.05, 4.69) is 26.6 Å². The summed E-state index contributed by atoms with van der Waals surface area (Å²) in [4.78, 5) is 50.9. The largest absolute Gasteiger partial charge is 0.465 e. The first kappa shape index (κ1) is 25.2. The lowest BCUT2D eigenvalue weighted by Crippen LogP contribution is -2.32. The van der Waals surface area contributed by atoms with Gasteiger partial charge in [0.2, 0.25) is 5.91 Å². The van der Waals surface area contributed by atoms with Crippen molar-refractivity contribution >= 4 is 68.3 Å². The molecule has 3 aromatic carbocycles. The van der Waals surface area contributed by atoms with E-state index in [9.17, 15) is 19.2 Å². The topological polar surface area (TPSA) is 105 Å². The number of esters is 1. The summed E-state index contributed by atoms with van der Waals surface area (Å²) < 4.78 is 5.48. The van der Waals surface area contributed by atoms with Crippen LogP contribution in [0.3, 0.4) is 0 Å². The van der Waals surface area contributed by atoms with Crippen molar-refractivity contribution in [2.24, 2.45) is 0 Å². The number of benzene rings is 3. The number of ether oxygens (including phenoxy) is 1. The highest BCUT2D eigenvalue weighted by Gasteiger charge is 2.39. The third-order valence-electron chi connectivity index (χ3n) is 5.29. The maximum Gasteiger partial charge on any atom is 0.337 e. The van der Waals surface area contributed by atoms with Gasteiger partial charge in [-0.15, -0.1) is 0 Å². The first-order valence-electron chi connectivity index (χ1n) is 10.7. The van der Waals surface area contributed by atoms with Crippen molar-refractivity contribution in [2.75, 3.05) is 22.6 Å². The van der Waals surface area contributed by atoms with Gasteiger partial charge in [0, 0.05) is 10.2 Å². The number of halogens is 2. The number of nitrogens with one attached hydrogen (secondary N) is 2. The van der Waals surface area contributed by atoms with Crippen LogP contribution in [-0.4, -0.2) is 30.8 Å². The van der Waals surface area contributed by atoms with Crippen LogP contribution in [0.15, 0.2) is 88.0 Å². The van der Waals surface area contributed by atoms with Crippen LogP contribution in [0.4, 0.5) is 17.1 Å². The van der Waals surface area contributed by atoms with Gasteiger partial charge in [0.05, 0.1) is 30.5 Å². The number of para-hydroxylation sites is 1. The SMILES string of the molecule is COC(=O)c1cccc(N2C(=O)C(Cl)=C(Nc3ccc(CC(=O)Nc4ccccc4Br)cc3)C2=O)c1. The second-order valence-electron chi connectivity index (χ2n) is 7.70. The fraction of sp³-hybridized carbons (Fsp3) is 0.0769. The Morgan fingerprint density at radius 3 is 2.39 bits per heavy atom. The van der Waals surface area contributed by atoms with Gasteiger partial charge in [0.25, 0.3) is 11.8 Å². The second-order valence-corrected chi connectivity index (χ2v) is 8.94. The van der Waals surface area contributed by atoms with Crippen LogP contribution in [0.2, 0.25) is 0 Å². The number of carbonyl (C=O) groups excluding carboxylic acids is 4. The summed E-state index contributed by atoms with van der Waals surface area (Å²) in [5.41, 5.74) is 2.21. The summed E-state index contributed by atoms with van der Waals surface area (Å²) in [5, 5.41) is 5.45. The molecule has 0 unspecified atom stereocenters. The van der Waals surface area contributed by atoms with Crippen LogP contribution in [-0.2, 0) is 25.5 Å². The van der Waals surface area contributed by atoms with Crippen LogP contribution >= 0.6 is 27.5 Å². The molecule has 8 nitrogen and oxygen atoms in total. The number of anilines is 3. The molecule has 10 heteroatoms. The van der Waals surface area contributed by atoms with Crippen LogP contribution in [0.5, 0.6) is 0 Å². The molecule has 0 bridgehead atoms. The zero-order valence-corrected chi connectivity index (χ0v) is 21.2. The molecule has 0 radical (unpaired) electrons. The molecule has 0 saturated heterocycles. The molecular weight excluding hydrogens is 550 g/mol. The van der Waals surface area contributed by atoms with E-state index in [4.69, 9.17) is 16.3 Å². The van der Waals surface area contributed by atoms with E-state index in [-0.39, 0.29) is 34.3 Å². The molecule has 0 aromatic heterocycles. The molecule has 4 rings (SSSR count). The maximum atomic E-state index is 13.0. The average molecular weight is 569 g/mol. The minimum absolute atomic E-state index is 0.0930. The number of hydrogen-bond acceptors (Lipinski definition) is 6. The highest BCUT2D eigenvalue weighted by atomic mass is 79.9. The van der Waals surface area contributed by atoms with E-state index in [1.807, 2.05) is 18.2 Å². The Morgan fingerprint density at radius 1 is 0.972 bits per heavy atom. The molecule has 1 heterocycles. The molecule has 0 atom stereocenters. The molecule has 2 N–H and O–H groups in total. The standard InChI is InChI=1S/C26H19BrClN3O5/c1-36-26(35)16-5-4-6-18(14-16)31-24(33)22(28)23(25(31)34)29-17-11-9-15(10-12-17)13-21(32)30-20-8-3-2-7-19(20)27/h2-12,14,29H,13H2,1H3,(H,30,32). The van der Waals surface area contributed by atoms with E-state index < -0.39 is 17.8 Å². The minimum atomic E-state index is -0.716. The van der Waals surface area contributed by atoms with Crippen molar-refractivity contribution in [1.82, 2.24) is 0 Å². The number of rotatable bonds is 7. The van der Waals surface area contributed by atoms with Gasteiger partial charge in [-0.3, -0.25) is 14.4 Å². The molecule has 1 aliphatic rings. The third kappa shape index (κ3) is 5.32. The number of imide groups is 1. The first-order valence-corrected chi connectivity index (χ1v) is 11.8. The first-order chi connectivity index (χ1) is 17.3. The van der Waals surface area contributed by atoms with E-state index in [1.165, 1.54) is 31.4 Å². The summed E-state index contributed by atoms with van der Waals surface area (Å²) in [5.74, 6) is -2.16. The fourth-order valence-electron chi connectivity index (χ4n) is 3.53. The predicted octanol–water partition coefficient (Wildman–Crippen LogP) is 4.85. The molecular formula is C26H19BrClN3O5. The van der Waals surface area contributed by atoms with Crippen molar-refractivity contribution < 1.29 is 23.9 Å². The van der Waals surface area contributed by atoms with Crippen LogP contribution < -0.4 is 15.5 Å². The fourth-order valence-corrected chi connectivity index (χ4v) is 4.12. The third-order valence-corrected chi connectivity index (χ3v) is 6.33. The highest BCUT2D eigenvalue weighted by molar-refractivity contribution is 9.10. The predicted molar refractivity (Wildman–Crippen MR) is 140 cm³/mol. The monoisotopic (exact) mass is 567 g/mol. The van der Waals surface area contributed by atoms with Crippen molar-refractivity contribution in [2.45, 2.75) is 6.42 Å². The highest BCUT2D eigenvalue weighted by Crippen LogP contribution is 2.31. The smallest absolute Gasteiger partial charge is 0.337 e. The van der Waals surface area contributed by atoms with E-state index in [0.717, 1.165) is 14.9 Å². The van der Waals surface area contributed by atoms with E-state index >= 15 is 0 Å². The molecule has 0 saturated carbocycles. The number of carbonyl (C=O) groups is 4. The Balaban J connectivity index is 1.44. The lowest BCUT2D eigenvalue weighted by Gasteiger charge is -2.16. The molecule has 3 aromatic rings. The lowest BCUT2D eigenvalue weighted by molar-refractivity contribution is -0.120. The molecule has 0 spiro atoms. The molecule has 182 valence electrons. The minimum Gasteiger partial charge on any atom is -0.465 e. The Morgan fingerprint density at radius 2 is 1.69 bits per heavy atom. The molecule has 0 aliphatic carbocycles. The zero-order chi connectivity index (χ0) is 25.8. The van der Waals surface area contributed by atoms with Crippen LogP contribution in [0.1, 0.15) is 15.9 Å². The van der Waals surface area contributed by atoms with Gasteiger partial charge in [-0.2, -0.15) is 0 Å². The summed E-state index contributed by atoms with van der Waals surface area (Å²) in [6, 6.07) is 20.1. The van der Waals surface area contributed by atoms with Gasteiger partial charge in [0.1, 0.15) is 10.7 Å². The van der Waals surface area contributed by atoms with Crippen molar-refractivity contribution in [3.8, 4) is 0 Å². The maximum absolute atomic E-state index is 13.0. The summed E-state index contributed by atoms with van der Waals surface area (Å²) >= 11 is 9.59. The zero-order valence-electron chi connectivity index (χ0n) is 18.9.